The third-order valence-corrected chi connectivity index (χ3v) is 2.26. The van der Waals surface area contributed by atoms with Crippen LogP contribution < -0.4 is 10.1 Å². The van der Waals surface area contributed by atoms with Gasteiger partial charge in [-0.2, -0.15) is 0 Å². The lowest BCUT2D eigenvalue weighted by atomic mass is 10.1. The van der Waals surface area contributed by atoms with Crippen LogP contribution in [0.15, 0.2) is 24.3 Å². The van der Waals surface area contributed by atoms with Crippen LogP contribution in [-0.2, 0) is 6.42 Å². The highest BCUT2D eigenvalue weighted by Crippen LogP contribution is 2.18. The fourth-order valence-electron chi connectivity index (χ4n) is 1.46. The second-order valence-electron chi connectivity index (χ2n) is 3.56. The summed E-state index contributed by atoms with van der Waals surface area (Å²) in [5.74, 6) is 1.04. The van der Waals surface area contributed by atoms with Crippen LogP contribution in [0.5, 0.6) is 5.75 Å². The molecule has 84 valence electrons. The van der Waals surface area contributed by atoms with Gasteiger partial charge in [0.1, 0.15) is 5.75 Å². The lowest BCUT2D eigenvalue weighted by molar-refractivity contribution is 0.314. The van der Waals surface area contributed by atoms with Gasteiger partial charge in [0.2, 0.25) is 0 Å². The summed E-state index contributed by atoms with van der Waals surface area (Å²) in [4.78, 5) is 0. The minimum absolute atomic E-state index is 0.804. The molecule has 0 atom stereocenters. The molecule has 0 saturated heterocycles. The highest BCUT2D eigenvalue weighted by atomic mass is 16.5. The summed E-state index contributed by atoms with van der Waals surface area (Å²) in [6.45, 7) is 7.10. The first-order valence-corrected chi connectivity index (χ1v) is 5.80. The van der Waals surface area contributed by atoms with Crippen molar-refractivity contribution in [3.8, 4) is 5.75 Å². The van der Waals surface area contributed by atoms with E-state index in [1.165, 1.54) is 5.56 Å². The Labute approximate surface area is 92.6 Å². The molecular formula is C13H21NO. The predicted octanol–water partition coefficient (Wildman–Crippen LogP) is 2.63. The lowest BCUT2D eigenvalue weighted by Gasteiger charge is -2.10. The average Bonchev–Trinajstić information content (AvgIpc) is 2.28. The maximum absolute atomic E-state index is 5.69. The van der Waals surface area contributed by atoms with Crippen LogP contribution in [0.2, 0.25) is 0 Å². The Morgan fingerprint density at radius 2 is 2.00 bits per heavy atom. The van der Waals surface area contributed by atoms with E-state index in [9.17, 15) is 0 Å². The molecule has 0 amide bonds. The molecule has 2 heteroatoms. The molecule has 0 fully saturated rings. The number of benzene rings is 1. The van der Waals surface area contributed by atoms with Crippen molar-refractivity contribution >= 4 is 0 Å². The van der Waals surface area contributed by atoms with Crippen LogP contribution in [-0.4, -0.2) is 19.7 Å². The van der Waals surface area contributed by atoms with Crippen molar-refractivity contribution in [1.82, 2.24) is 5.32 Å². The molecule has 0 unspecified atom stereocenters. The van der Waals surface area contributed by atoms with Gasteiger partial charge in [0.15, 0.2) is 0 Å². The third-order valence-electron chi connectivity index (χ3n) is 2.26. The fourth-order valence-corrected chi connectivity index (χ4v) is 1.46. The van der Waals surface area contributed by atoms with Crippen LogP contribution in [0, 0.1) is 0 Å². The SMILES string of the molecule is CCCOc1ccccc1CCNCC. The molecule has 2 nitrogen and oxygen atoms in total. The summed E-state index contributed by atoms with van der Waals surface area (Å²) < 4.78 is 5.69. The second kappa shape index (κ2) is 7.30. The Morgan fingerprint density at radius 1 is 1.20 bits per heavy atom. The Morgan fingerprint density at radius 3 is 2.73 bits per heavy atom. The first-order valence-electron chi connectivity index (χ1n) is 5.80. The van der Waals surface area contributed by atoms with E-state index in [0.29, 0.717) is 0 Å². The van der Waals surface area contributed by atoms with Crippen LogP contribution in [0.1, 0.15) is 25.8 Å². The molecule has 1 N–H and O–H groups in total. The first kappa shape index (κ1) is 12.1. The number of hydrogen-bond acceptors (Lipinski definition) is 2. The highest BCUT2D eigenvalue weighted by molar-refractivity contribution is 5.33. The first-order chi connectivity index (χ1) is 7.38. The van der Waals surface area contributed by atoms with Crippen molar-refractivity contribution in [1.29, 1.82) is 0 Å². The molecule has 0 aliphatic rings. The van der Waals surface area contributed by atoms with Gasteiger partial charge >= 0.3 is 0 Å². The summed E-state index contributed by atoms with van der Waals surface area (Å²) >= 11 is 0. The maximum Gasteiger partial charge on any atom is 0.122 e. The molecule has 1 aromatic rings. The van der Waals surface area contributed by atoms with E-state index in [4.69, 9.17) is 4.74 Å². The largest absolute Gasteiger partial charge is 0.493 e. The Balaban J connectivity index is 2.52. The van der Waals surface area contributed by atoms with Crippen molar-refractivity contribution in [3.63, 3.8) is 0 Å². The topological polar surface area (TPSA) is 21.3 Å². The summed E-state index contributed by atoms with van der Waals surface area (Å²) in [5.41, 5.74) is 1.30. The summed E-state index contributed by atoms with van der Waals surface area (Å²) in [5, 5.41) is 3.32. The molecule has 0 saturated carbocycles. The zero-order valence-corrected chi connectivity index (χ0v) is 9.75. The van der Waals surface area contributed by atoms with E-state index in [1.54, 1.807) is 0 Å². The maximum atomic E-state index is 5.69. The lowest BCUT2D eigenvalue weighted by Crippen LogP contribution is -2.16. The van der Waals surface area contributed by atoms with Crippen LogP contribution >= 0.6 is 0 Å². The van der Waals surface area contributed by atoms with Gasteiger partial charge in [-0.25, -0.2) is 0 Å². The molecule has 0 aliphatic carbocycles. The number of ether oxygens (including phenoxy) is 1. The minimum atomic E-state index is 0.804. The van der Waals surface area contributed by atoms with E-state index in [0.717, 1.165) is 38.3 Å². The summed E-state index contributed by atoms with van der Waals surface area (Å²) in [7, 11) is 0. The van der Waals surface area contributed by atoms with E-state index in [1.807, 2.05) is 6.07 Å². The van der Waals surface area contributed by atoms with E-state index < -0.39 is 0 Å². The highest BCUT2D eigenvalue weighted by Gasteiger charge is 2.01. The Hall–Kier alpha value is -1.02. The van der Waals surface area contributed by atoms with Gasteiger partial charge < -0.3 is 10.1 Å². The number of hydrogen-bond donors (Lipinski definition) is 1. The van der Waals surface area contributed by atoms with Crippen LogP contribution in [0.25, 0.3) is 0 Å². The van der Waals surface area contributed by atoms with Gasteiger partial charge in [-0.15, -0.1) is 0 Å². The predicted molar refractivity (Wildman–Crippen MR) is 64.5 cm³/mol. The average molecular weight is 207 g/mol. The molecule has 1 rings (SSSR count). The third kappa shape index (κ3) is 4.34. The zero-order chi connectivity index (χ0) is 10.9. The number of likely N-dealkylation sites (N-methyl/N-ethyl adjacent to an activating group) is 1. The van der Waals surface area contributed by atoms with E-state index in [2.05, 4.69) is 37.4 Å². The number of para-hydroxylation sites is 1. The monoisotopic (exact) mass is 207 g/mol. The normalized spacial score (nSPS) is 10.3. The Bertz CT molecular complexity index is 273. The van der Waals surface area contributed by atoms with Crippen molar-refractivity contribution in [2.75, 3.05) is 19.7 Å². The summed E-state index contributed by atoms with van der Waals surface area (Å²) in [6.07, 6.45) is 2.09. The molecule has 15 heavy (non-hydrogen) atoms. The van der Waals surface area contributed by atoms with E-state index >= 15 is 0 Å². The zero-order valence-electron chi connectivity index (χ0n) is 9.75. The van der Waals surface area contributed by atoms with Crippen molar-refractivity contribution < 1.29 is 4.74 Å². The number of rotatable bonds is 7. The molecular weight excluding hydrogens is 186 g/mol. The minimum Gasteiger partial charge on any atom is -0.493 e. The quantitative estimate of drug-likeness (QED) is 0.694. The van der Waals surface area contributed by atoms with Gasteiger partial charge in [0.05, 0.1) is 6.61 Å². The molecule has 0 bridgehead atoms. The standard InChI is InChI=1S/C13H21NO/c1-3-11-15-13-8-6-5-7-12(13)9-10-14-4-2/h5-8,14H,3-4,9-11H2,1-2H3. The van der Waals surface area contributed by atoms with Crippen LogP contribution in [0.4, 0.5) is 0 Å². The smallest absolute Gasteiger partial charge is 0.122 e. The summed E-state index contributed by atoms with van der Waals surface area (Å²) in [6, 6.07) is 8.29. The molecule has 1 aromatic carbocycles. The number of nitrogens with one attached hydrogen (secondary N) is 1. The Kier molecular flexibility index (Phi) is 5.86. The molecule has 0 aromatic heterocycles. The van der Waals surface area contributed by atoms with E-state index in [-0.39, 0.29) is 0 Å². The van der Waals surface area contributed by atoms with Gasteiger partial charge in [-0.05, 0) is 37.6 Å². The molecule has 0 heterocycles. The van der Waals surface area contributed by atoms with Gasteiger partial charge in [-0.1, -0.05) is 32.0 Å². The molecule has 0 radical (unpaired) electrons. The van der Waals surface area contributed by atoms with Crippen molar-refractivity contribution in [2.45, 2.75) is 26.7 Å². The van der Waals surface area contributed by atoms with Gasteiger partial charge in [0, 0.05) is 0 Å². The van der Waals surface area contributed by atoms with Gasteiger partial charge in [-0.3, -0.25) is 0 Å². The molecule has 0 spiro atoms. The second-order valence-corrected chi connectivity index (χ2v) is 3.56. The van der Waals surface area contributed by atoms with Crippen molar-refractivity contribution in [2.24, 2.45) is 0 Å². The van der Waals surface area contributed by atoms with Crippen molar-refractivity contribution in [3.05, 3.63) is 29.8 Å². The van der Waals surface area contributed by atoms with Gasteiger partial charge in [0.25, 0.3) is 0 Å². The fraction of sp³-hybridized carbons (Fsp3) is 0.538. The van der Waals surface area contributed by atoms with Crippen LogP contribution in [0.3, 0.4) is 0 Å². The molecule has 0 aliphatic heterocycles.